The van der Waals surface area contributed by atoms with Crippen molar-refractivity contribution < 1.29 is 14.7 Å². The predicted octanol–water partition coefficient (Wildman–Crippen LogP) is 3.45. The number of nitrogens with one attached hydrogen (secondary N) is 1. The van der Waals surface area contributed by atoms with Gasteiger partial charge in [0.15, 0.2) is 0 Å². The first-order chi connectivity index (χ1) is 14.1. The van der Waals surface area contributed by atoms with Crippen molar-refractivity contribution >= 4 is 28.9 Å². The lowest BCUT2D eigenvalue weighted by Gasteiger charge is -2.15. The molecule has 1 saturated heterocycles. The van der Waals surface area contributed by atoms with Crippen LogP contribution in [0.2, 0.25) is 0 Å². The molecule has 4 rings (SSSR count). The number of nitrogens with zero attached hydrogens (tertiary/aromatic N) is 3. The van der Waals surface area contributed by atoms with Gasteiger partial charge in [0.2, 0.25) is 5.95 Å². The SMILES string of the molecule is CCNc1nc2ccc(C(=O)N3CCCC3)cc2n1Cc1ccc(C(=O)O)cc1. The molecular formula is C22H24N4O3. The van der Waals surface area contributed by atoms with Gasteiger partial charge in [0.05, 0.1) is 23.1 Å². The van der Waals surface area contributed by atoms with Crippen LogP contribution in [0.15, 0.2) is 42.5 Å². The molecule has 29 heavy (non-hydrogen) atoms. The minimum absolute atomic E-state index is 0.0629. The number of hydrogen-bond donors (Lipinski definition) is 2. The van der Waals surface area contributed by atoms with E-state index < -0.39 is 5.97 Å². The van der Waals surface area contributed by atoms with Gasteiger partial charge in [-0.2, -0.15) is 0 Å². The molecule has 0 bridgehead atoms. The molecule has 0 saturated carbocycles. The van der Waals surface area contributed by atoms with Gasteiger partial charge in [-0.05, 0) is 55.7 Å². The summed E-state index contributed by atoms with van der Waals surface area (Å²) >= 11 is 0. The van der Waals surface area contributed by atoms with Crippen LogP contribution in [0.25, 0.3) is 11.0 Å². The average molecular weight is 392 g/mol. The second kappa shape index (κ2) is 7.95. The molecule has 150 valence electrons. The van der Waals surface area contributed by atoms with Gasteiger partial charge in [0.1, 0.15) is 0 Å². The molecule has 7 nitrogen and oxygen atoms in total. The Morgan fingerprint density at radius 3 is 2.41 bits per heavy atom. The van der Waals surface area contributed by atoms with Crippen LogP contribution in [-0.2, 0) is 6.54 Å². The van der Waals surface area contributed by atoms with Gasteiger partial charge >= 0.3 is 5.97 Å². The first-order valence-corrected chi connectivity index (χ1v) is 9.92. The van der Waals surface area contributed by atoms with Crippen molar-refractivity contribution in [2.75, 3.05) is 25.0 Å². The lowest BCUT2D eigenvalue weighted by molar-refractivity contribution is 0.0696. The number of anilines is 1. The van der Waals surface area contributed by atoms with E-state index in [1.165, 1.54) is 0 Å². The van der Waals surface area contributed by atoms with E-state index in [0.29, 0.717) is 12.1 Å². The predicted molar refractivity (Wildman–Crippen MR) is 112 cm³/mol. The summed E-state index contributed by atoms with van der Waals surface area (Å²) in [4.78, 5) is 30.5. The smallest absolute Gasteiger partial charge is 0.335 e. The van der Waals surface area contributed by atoms with Gasteiger partial charge in [0.25, 0.3) is 5.91 Å². The summed E-state index contributed by atoms with van der Waals surface area (Å²) in [5.41, 5.74) is 3.60. The third-order valence-corrected chi connectivity index (χ3v) is 5.26. The second-order valence-electron chi connectivity index (χ2n) is 7.26. The maximum atomic E-state index is 12.8. The maximum Gasteiger partial charge on any atom is 0.335 e. The largest absolute Gasteiger partial charge is 0.478 e. The molecule has 0 aliphatic carbocycles. The summed E-state index contributed by atoms with van der Waals surface area (Å²) in [6.45, 7) is 4.89. The van der Waals surface area contributed by atoms with E-state index in [4.69, 9.17) is 5.11 Å². The van der Waals surface area contributed by atoms with Crippen molar-refractivity contribution in [3.63, 3.8) is 0 Å². The number of imidazole rings is 1. The van der Waals surface area contributed by atoms with Crippen LogP contribution < -0.4 is 5.32 Å². The van der Waals surface area contributed by atoms with E-state index in [2.05, 4.69) is 10.3 Å². The summed E-state index contributed by atoms with van der Waals surface area (Å²) in [5, 5.41) is 12.4. The molecule has 7 heteroatoms. The lowest BCUT2D eigenvalue weighted by atomic mass is 10.1. The van der Waals surface area contributed by atoms with Crippen molar-refractivity contribution in [2.45, 2.75) is 26.3 Å². The highest BCUT2D eigenvalue weighted by molar-refractivity contribution is 5.98. The molecule has 2 N–H and O–H groups in total. The van der Waals surface area contributed by atoms with E-state index in [9.17, 15) is 9.59 Å². The Bertz CT molecular complexity index is 1050. The number of fused-ring (bicyclic) bond motifs is 1. The maximum absolute atomic E-state index is 12.8. The van der Waals surface area contributed by atoms with Crippen molar-refractivity contribution in [1.82, 2.24) is 14.5 Å². The quantitative estimate of drug-likeness (QED) is 0.671. The summed E-state index contributed by atoms with van der Waals surface area (Å²) in [5.74, 6) is -0.147. The molecule has 0 atom stereocenters. The van der Waals surface area contributed by atoms with E-state index >= 15 is 0 Å². The van der Waals surface area contributed by atoms with Crippen molar-refractivity contribution in [3.05, 3.63) is 59.2 Å². The molecule has 0 unspecified atom stereocenters. The van der Waals surface area contributed by atoms with Crippen LogP contribution in [0.1, 0.15) is 46.0 Å². The molecule has 0 radical (unpaired) electrons. The molecular weight excluding hydrogens is 368 g/mol. The van der Waals surface area contributed by atoms with Gasteiger partial charge < -0.3 is 19.9 Å². The first kappa shape index (κ1) is 19.0. The van der Waals surface area contributed by atoms with E-state index in [-0.39, 0.29) is 11.5 Å². The van der Waals surface area contributed by atoms with Crippen LogP contribution >= 0.6 is 0 Å². The number of benzene rings is 2. The van der Waals surface area contributed by atoms with Gasteiger partial charge in [-0.1, -0.05) is 12.1 Å². The van der Waals surface area contributed by atoms with Crippen molar-refractivity contribution in [2.24, 2.45) is 0 Å². The van der Waals surface area contributed by atoms with E-state index in [0.717, 1.165) is 55.0 Å². The number of amides is 1. The lowest BCUT2D eigenvalue weighted by Crippen LogP contribution is -2.27. The van der Waals surface area contributed by atoms with Crippen LogP contribution in [0, 0.1) is 0 Å². The van der Waals surface area contributed by atoms with Crippen LogP contribution in [-0.4, -0.2) is 51.1 Å². The fourth-order valence-corrected chi connectivity index (χ4v) is 3.75. The minimum atomic E-state index is -0.942. The van der Waals surface area contributed by atoms with Gasteiger partial charge in [-0.25, -0.2) is 9.78 Å². The molecule has 1 amide bonds. The number of carbonyl (C=O) groups is 2. The molecule has 1 aromatic heterocycles. The number of aromatic carboxylic acids is 1. The van der Waals surface area contributed by atoms with Crippen molar-refractivity contribution in [3.8, 4) is 0 Å². The average Bonchev–Trinajstić information content (AvgIpc) is 3.37. The van der Waals surface area contributed by atoms with Crippen molar-refractivity contribution in [1.29, 1.82) is 0 Å². The second-order valence-corrected chi connectivity index (χ2v) is 7.26. The fraction of sp³-hybridized carbons (Fsp3) is 0.318. The zero-order valence-electron chi connectivity index (χ0n) is 16.4. The van der Waals surface area contributed by atoms with E-state index in [1.807, 2.05) is 46.7 Å². The Balaban J connectivity index is 1.71. The molecule has 2 aromatic carbocycles. The topological polar surface area (TPSA) is 87.5 Å². The highest BCUT2D eigenvalue weighted by Gasteiger charge is 2.21. The summed E-state index contributed by atoms with van der Waals surface area (Å²) in [7, 11) is 0. The van der Waals surface area contributed by atoms with Crippen LogP contribution in [0.3, 0.4) is 0 Å². The van der Waals surface area contributed by atoms with Gasteiger partial charge in [0, 0.05) is 25.2 Å². The highest BCUT2D eigenvalue weighted by Crippen LogP contribution is 2.24. The van der Waals surface area contributed by atoms with Gasteiger partial charge in [-0.15, -0.1) is 0 Å². The number of carboxylic acid groups (broad SMARTS) is 1. The standard InChI is InChI=1S/C22H24N4O3/c1-2-23-22-24-18-10-9-17(20(27)25-11-3-4-12-25)13-19(18)26(22)14-15-5-7-16(8-6-15)21(28)29/h5-10,13H,2-4,11-12,14H2,1H3,(H,23,24)(H,28,29). The number of carbonyl (C=O) groups excluding carboxylic acids is 1. The Hall–Kier alpha value is -3.35. The number of hydrogen-bond acceptors (Lipinski definition) is 4. The number of aromatic nitrogens is 2. The van der Waals surface area contributed by atoms with E-state index in [1.54, 1.807) is 12.1 Å². The Morgan fingerprint density at radius 1 is 1.07 bits per heavy atom. The monoisotopic (exact) mass is 392 g/mol. The van der Waals surface area contributed by atoms with Crippen LogP contribution in [0.5, 0.6) is 0 Å². The zero-order chi connectivity index (χ0) is 20.4. The third-order valence-electron chi connectivity index (χ3n) is 5.26. The molecule has 2 heterocycles. The molecule has 1 aliphatic heterocycles. The normalized spacial score (nSPS) is 13.8. The van der Waals surface area contributed by atoms with Gasteiger partial charge in [-0.3, -0.25) is 4.79 Å². The third kappa shape index (κ3) is 3.81. The first-order valence-electron chi connectivity index (χ1n) is 9.92. The zero-order valence-corrected chi connectivity index (χ0v) is 16.4. The Labute approximate surface area is 169 Å². The number of carboxylic acids is 1. The molecule has 1 aliphatic rings. The summed E-state index contributed by atoms with van der Waals surface area (Å²) in [6, 6.07) is 12.5. The molecule has 0 spiro atoms. The highest BCUT2D eigenvalue weighted by atomic mass is 16.4. The molecule has 3 aromatic rings. The minimum Gasteiger partial charge on any atom is -0.478 e. The number of likely N-dealkylation sites (tertiary alicyclic amines) is 1. The fourth-order valence-electron chi connectivity index (χ4n) is 3.75. The Morgan fingerprint density at radius 2 is 1.76 bits per heavy atom. The Kier molecular flexibility index (Phi) is 5.20. The summed E-state index contributed by atoms with van der Waals surface area (Å²) in [6.07, 6.45) is 2.12. The number of rotatable bonds is 6. The summed E-state index contributed by atoms with van der Waals surface area (Å²) < 4.78 is 2.04. The molecule has 1 fully saturated rings. The van der Waals surface area contributed by atoms with Crippen LogP contribution in [0.4, 0.5) is 5.95 Å².